The highest BCUT2D eigenvalue weighted by Crippen LogP contribution is 2.50. The van der Waals surface area contributed by atoms with Crippen molar-refractivity contribution in [2.24, 2.45) is 0 Å². The minimum atomic E-state index is -0.323. The first-order valence-electron chi connectivity index (χ1n) is 7.28. The second kappa shape index (κ2) is 4.88. The van der Waals surface area contributed by atoms with Crippen LogP contribution in [0.25, 0.3) is 0 Å². The first kappa shape index (κ1) is 13.6. The van der Waals surface area contributed by atoms with Crippen LogP contribution in [0, 0.1) is 10.1 Å². The normalized spacial score (nSPS) is 14.8. The van der Waals surface area contributed by atoms with E-state index in [1.54, 1.807) is 12.1 Å². The fourth-order valence-electron chi connectivity index (χ4n) is 3.46. The van der Waals surface area contributed by atoms with Gasteiger partial charge < -0.3 is 5.32 Å². The molecule has 2 aromatic rings. The number of rotatable bonds is 3. The van der Waals surface area contributed by atoms with Crippen molar-refractivity contribution in [1.29, 1.82) is 0 Å². The Bertz CT molecular complexity index is 706. The van der Waals surface area contributed by atoms with Gasteiger partial charge in [-0.3, -0.25) is 10.1 Å². The number of nitrogens with zero attached hydrogens (tertiary/aromatic N) is 1. The highest BCUT2D eigenvalue weighted by molar-refractivity contribution is 5.77. The molecule has 1 heterocycles. The number of anilines is 2. The number of nitro groups is 1. The molecule has 0 saturated carbocycles. The molecule has 0 atom stereocenters. The van der Waals surface area contributed by atoms with Crippen LogP contribution in [0.5, 0.6) is 0 Å². The number of nitro benzene ring substituents is 1. The molecule has 2 aromatic carbocycles. The quantitative estimate of drug-likeness (QED) is 0.652. The van der Waals surface area contributed by atoms with Crippen LogP contribution in [0.2, 0.25) is 0 Å². The van der Waals surface area contributed by atoms with E-state index in [0.717, 1.165) is 29.8 Å². The third-order valence-electron chi connectivity index (χ3n) is 4.65. The van der Waals surface area contributed by atoms with Crippen LogP contribution >= 0.6 is 0 Å². The summed E-state index contributed by atoms with van der Waals surface area (Å²) in [7, 11) is 0. The zero-order chi connectivity index (χ0) is 15.0. The van der Waals surface area contributed by atoms with E-state index < -0.39 is 0 Å². The molecule has 0 saturated heterocycles. The zero-order valence-corrected chi connectivity index (χ0v) is 12.2. The van der Waals surface area contributed by atoms with Gasteiger partial charge in [0.25, 0.3) is 5.69 Å². The molecule has 1 N–H and O–H groups in total. The number of non-ortho nitro benzene ring substituents is 1. The Hall–Kier alpha value is -2.36. The van der Waals surface area contributed by atoms with E-state index >= 15 is 0 Å². The summed E-state index contributed by atoms with van der Waals surface area (Å²) >= 11 is 0. The summed E-state index contributed by atoms with van der Waals surface area (Å²) in [5, 5.41) is 14.5. The van der Waals surface area contributed by atoms with Crippen LogP contribution in [0.3, 0.4) is 0 Å². The first-order chi connectivity index (χ1) is 10.1. The molecule has 0 fully saturated rings. The van der Waals surface area contributed by atoms with E-state index in [2.05, 4.69) is 31.3 Å². The van der Waals surface area contributed by atoms with E-state index in [4.69, 9.17) is 0 Å². The lowest BCUT2D eigenvalue weighted by atomic mass is 9.67. The molecule has 0 bridgehead atoms. The third-order valence-corrected chi connectivity index (χ3v) is 4.65. The fraction of sp³-hybridized carbons (Fsp3) is 0.294. The number of fused-ring (bicyclic) bond motifs is 2. The second-order valence-electron chi connectivity index (χ2n) is 5.45. The molecule has 0 spiro atoms. The zero-order valence-electron chi connectivity index (χ0n) is 12.2. The van der Waals surface area contributed by atoms with Gasteiger partial charge >= 0.3 is 0 Å². The summed E-state index contributed by atoms with van der Waals surface area (Å²) in [6.07, 6.45) is 1.83. The number of para-hydroxylation sites is 1. The number of nitrogens with one attached hydrogen (secondary N) is 1. The Morgan fingerprint density at radius 2 is 1.71 bits per heavy atom. The van der Waals surface area contributed by atoms with Crippen LogP contribution in [-0.2, 0) is 5.41 Å². The Kier molecular flexibility index (Phi) is 3.16. The lowest BCUT2D eigenvalue weighted by Crippen LogP contribution is -2.31. The molecular weight excluding hydrogens is 264 g/mol. The van der Waals surface area contributed by atoms with E-state index in [1.807, 2.05) is 18.2 Å². The summed E-state index contributed by atoms with van der Waals surface area (Å²) < 4.78 is 0. The largest absolute Gasteiger partial charge is 0.355 e. The molecule has 21 heavy (non-hydrogen) atoms. The molecule has 0 aromatic heterocycles. The highest BCUT2D eigenvalue weighted by Gasteiger charge is 2.38. The highest BCUT2D eigenvalue weighted by atomic mass is 16.6. The predicted molar refractivity (Wildman–Crippen MR) is 84.2 cm³/mol. The molecular formula is C17H18N2O2. The number of benzene rings is 2. The van der Waals surface area contributed by atoms with Gasteiger partial charge in [0.15, 0.2) is 0 Å². The summed E-state index contributed by atoms with van der Waals surface area (Å²) in [5.74, 6) is 0. The average Bonchev–Trinajstić information content (AvgIpc) is 2.52. The van der Waals surface area contributed by atoms with Crippen molar-refractivity contribution >= 4 is 17.1 Å². The standard InChI is InChI=1S/C17H18N2O2/c1-3-17(4-2)13-7-5-6-8-15(13)18-16-10-9-12(19(20)21)11-14(16)17/h5-11,18H,3-4H2,1-2H3. The minimum Gasteiger partial charge on any atom is -0.355 e. The van der Waals surface area contributed by atoms with E-state index in [9.17, 15) is 10.1 Å². The Morgan fingerprint density at radius 3 is 2.38 bits per heavy atom. The maximum absolute atomic E-state index is 11.1. The topological polar surface area (TPSA) is 55.2 Å². The van der Waals surface area contributed by atoms with Crippen molar-refractivity contribution in [1.82, 2.24) is 0 Å². The van der Waals surface area contributed by atoms with Crippen LogP contribution in [0.15, 0.2) is 42.5 Å². The maximum atomic E-state index is 11.1. The number of hydrogen-bond acceptors (Lipinski definition) is 3. The monoisotopic (exact) mass is 282 g/mol. The van der Waals surface area contributed by atoms with E-state index in [1.165, 1.54) is 5.56 Å². The molecule has 0 amide bonds. The van der Waals surface area contributed by atoms with Gasteiger partial charge in [-0.1, -0.05) is 32.0 Å². The SMILES string of the molecule is CCC1(CC)c2ccccc2Nc2ccc([N+](=O)[O-])cc21. The van der Waals surface area contributed by atoms with Crippen molar-refractivity contribution < 1.29 is 4.92 Å². The second-order valence-corrected chi connectivity index (χ2v) is 5.45. The first-order valence-corrected chi connectivity index (χ1v) is 7.28. The minimum absolute atomic E-state index is 0.154. The Balaban J connectivity index is 2.28. The van der Waals surface area contributed by atoms with E-state index in [-0.39, 0.29) is 16.0 Å². The van der Waals surface area contributed by atoms with Gasteiger partial charge in [0, 0.05) is 28.9 Å². The van der Waals surface area contributed by atoms with Crippen LogP contribution < -0.4 is 5.32 Å². The Labute approximate surface area is 124 Å². The smallest absolute Gasteiger partial charge is 0.269 e. The van der Waals surface area contributed by atoms with Crippen LogP contribution in [-0.4, -0.2) is 4.92 Å². The Morgan fingerprint density at radius 1 is 1.05 bits per heavy atom. The molecule has 3 rings (SSSR count). The molecule has 4 heteroatoms. The molecule has 0 unspecified atom stereocenters. The van der Waals surface area contributed by atoms with Crippen LogP contribution in [0.4, 0.5) is 17.1 Å². The molecule has 108 valence electrons. The van der Waals surface area contributed by atoms with Gasteiger partial charge in [-0.25, -0.2) is 0 Å². The van der Waals surface area contributed by atoms with Crippen molar-refractivity contribution in [2.45, 2.75) is 32.1 Å². The average molecular weight is 282 g/mol. The fourth-order valence-corrected chi connectivity index (χ4v) is 3.46. The molecule has 0 radical (unpaired) electrons. The maximum Gasteiger partial charge on any atom is 0.269 e. The summed E-state index contributed by atoms with van der Waals surface area (Å²) in [6.45, 7) is 4.29. The van der Waals surface area contributed by atoms with Crippen molar-refractivity contribution in [3.63, 3.8) is 0 Å². The lowest BCUT2D eigenvalue weighted by molar-refractivity contribution is -0.384. The van der Waals surface area contributed by atoms with Crippen molar-refractivity contribution in [3.8, 4) is 0 Å². The van der Waals surface area contributed by atoms with Gasteiger partial charge in [-0.15, -0.1) is 0 Å². The summed E-state index contributed by atoms with van der Waals surface area (Å²) in [6, 6.07) is 13.3. The molecule has 1 aliphatic rings. The van der Waals surface area contributed by atoms with Crippen molar-refractivity contribution in [3.05, 3.63) is 63.7 Å². The number of hydrogen-bond donors (Lipinski definition) is 1. The van der Waals surface area contributed by atoms with E-state index in [0.29, 0.717) is 0 Å². The van der Waals surface area contributed by atoms with Gasteiger partial charge in [0.05, 0.1) is 4.92 Å². The van der Waals surface area contributed by atoms with Crippen molar-refractivity contribution in [2.75, 3.05) is 5.32 Å². The molecule has 4 nitrogen and oxygen atoms in total. The summed E-state index contributed by atoms with van der Waals surface area (Å²) in [5.41, 5.74) is 4.32. The van der Waals surface area contributed by atoms with Gasteiger partial charge in [-0.2, -0.15) is 0 Å². The molecule has 1 aliphatic heterocycles. The third kappa shape index (κ3) is 1.90. The predicted octanol–water partition coefficient (Wildman–Crippen LogP) is 4.76. The molecule has 0 aliphatic carbocycles. The van der Waals surface area contributed by atoms with Gasteiger partial charge in [0.1, 0.15) is 0 Å². The van der Waals surface area contributed by atoms with Gasteiger partial charge in [-0.05, 0) is 36.1 Å². The van der Waals surface area contributed by atoms with Crippen LogP contribution in [0.1, 0.15) is 37.8 Å². The van der Waals surface area contributed by atoms with Gasteiger partial charge in [0.2, 0.25) is 0 Å². The summed E-state index contributed by atoms with van der Waals surface area (Å²) in [4.78, 5) is 10.8. The lowest BCUT2D eigenvalue weighted by Gasteiger charge is -2.40.